The summed E-state index contributed by atoms with van der Waals surface area (Å²) in [5.41, 5.74) is 3.33. The van der Waals surface area contributed by atoms with E-state index in [9.17, 15) is 5.21 Å². The van der Waals surface area contributed by atoms with Crippen LogP contribution in [0.1, 0.15) is 22.8 Å². The molecular weight excluding hydrogens is 250 g/mol. The Balaban J connectivity index is 2.05. The summed E-state index contributed by atoms with van der Waals surface area (Å²) in [7, 11) is 1.71. The van der Waals surface area contributed by atoms with Gasteiger partial charge in [0.2, 0.25) is 0 Å². The Labute approximate surface area is 119 Å². The predicted octanol–water partition coefficient (Wildman–Crippen LogP) is 3.25. The minimum atomic E-state index is -0.279. The topological polar surface area (TPSA) is 32.3 Å². The number of hydrogen-bond acceptors (Lipinski definition) is 2. The second kappa shape index (κ2) is 5.37. The van der Waals surface area contributed by atoms with Gasteiger partial charge in [-0.2, -0.15) is 0 Å². The highest BCUT2D eigenvalue weighted by atomic mass is 16.6. The van der Waals surface area contributed by atoms with E-state index in [2.05, 4.69) is 18.2 Å². The number of fused-ring (bicyclic) bond motifs is 1. The minimum absolute atomic E-state index is 0.0762. The quantitative estimate of drug-likeness (QED) is 0.588. The fourth-order valence-corrected chi connectivity index (χ4v) is 2.73. The lowest BCUT2D eigenvalue weighted by Gasteiger charge is -2.41. The van der Waals surface area contributed by atoms with Crippen LogP contribution in [0.2, 0.25) is 0 Å². The van der Waals surface area contributed by atoms with Gasteiger partial charge >= 0.3 is 0 Å². The number of likely N-dealkylation sites (N-methyl/N-ethyl adjacent to an activating group) is 1. The van der Waals surface area contributed by atoms with Gasteiger partial charge < -0.3 is 14.6 Å². The predicted molar refractivity (Wildman–Crippen MR) is 78.8 cm³/mol. The molecule has 20 heavy (non-hydrogen) atoms. The molecule has 0 amide bonds. The minimum Gasteiger partial charge on any atom is -0.633 e. The van der Waals surface area contributed by atoms with Crippen LogP contribution < -0.4 is 0 Å². The van der Waals surface area contributed by atoms with Gasteiger partial charge in [0.05, 0.1) is 13.7 Å². The first-order chi connectivity index (χ1) is 9.66. The maximum atomic E-state index is 12.4. The first-order valence-corrected chi connectivity index (χ1v) is 6.96. The molecule has 0 aromatic heterocycles. The van der Waals surface area contributed by atoms with E-state index in [4.69, 9.17) is 4.74 Å². The van der Waals surface area contributed by atoms with Gasteiger partial charge in [-0.3, -0.25) is 0 Å². The van der Waals surface area contributed by atoms with Crippen molar-refractivity contribution in [2.45, 2.75) is 12.6 Å². The summed E-state index contributed by atoms with van der Waals surface area (Å²) < 4.78 is 5.74. The van der Waals surface area contributed by atoms with Gasteiger partial charge in [-0.15, -0.1) is 0 Å². The summed E-state index contributed by atoms with van der Waals surface area (Å²) in [4.78, 5) is 0. The summed E-state index contributed by atoms with van der Waals surface area (Å²) in [6.07, 6.45) is -0.0762. The van der Waals surface area contributed by atoms with Gasteiger partial charge in [0, 0.05) is 5.56 Å². The summed E-state index contributed by atoms with van der Waals surface area (Å²) in [6, 6.07) is 18.3. The van der Waals surface area contributed by atoms with E-state index < -0.39 is 0 Å². The fourth-order valence-electron chi connectivity index (χ4n) is 2.73. The van der Waals surface area contributed by atoms with Crippen LogP contribution in [-0.4, -0.2) is 24.8 Å². The first-order valence-electron chi connectivity index (χ1n) is 6.96. The zero-order chi connectivity index (χ0) is 14.0. The molecule has 0 aliphatic carbocycles. The largest absolute Gasteiger partial charge is 0.633 e. The molecule has 3 rings (SSSR count). The monoisotopic (exact) mass is 269 g/mol. The molecule has 1 aliphatic heterocycles. The Morgan fingerprint density at radius 2 is 1.75 bits per heavy atom. The van der Waals surface area contributed by atoms with E-state index in [1.54, 1.807) is 7.05 Å². The summed E-state index contributed by atoms with van der Waals surface area (Å²) in [6.45, 7) is 1.47. The van der Waals surface area contributed by atoms with Crippen molar-refractivity contribution in [1.82, 2.24) is 0 Å². The summed E-state index contributed by atoms with van der Waals surface area (Å²) in [5, 5.41) is 12.4. The third-order valence-corrected chi connectivity index (χ3v) is 3.79. The molecule has 3 heteroatoms. The van der Waals surface area contributed by atoms with Crippen LogP contribution >= 0.6 is 0 Å². The van der Waals surface area contributed by atoms with Crippen molar-refractivity contribution < 1.29 is 9.38 Å². The van der Waals surface area contributed by atoms with Gasteiger partial charge in [-0.1, -0.05) is 54.6 Å². The lowest BCUT2D eigenvalue weighted by Crippen LogP contribution is -2.41. The lowest BCUT2D eigenvalue weighted by atomic mass is 9.95. The SMILES string of the molecule is C[N@@+]1([O-])CCO[C@@H](c2ccccc2)c2ccccc2C1. The number of hydrogen-bond donors (Lipinski definition) is 0. The van der Waals surface area contributed by atoms with Crippen LogP contribution in [0.25, 0.3) is 0 Å². The maximum absolute atomic E-state index is 12.4. The summed E-state index contributed by atoms with van der Waals surface area (Å²) in [5.74, 6) is 0. The Bertz CT molecular complexity index is 581. The second-order valence-electron chi connectivity index (χ2n) is 5.54. The molecule has 2 atom stereocenters. The van der Waals surface area contributed by atoms with Crippen LogP contribution in [0.4, 0.5) is 0 Å². The molecule has 0 saturated carbocycles. The van der Waals surface area contributed by atoms with Gasteiger partial charge in [0.25, 0.3) is 0 Å². The molecule has 0 spiro atoms. The molecule has 2 aromatic carbocycles. The van der Waals surface area contributed by atoms with E-state index >= 15 is 0 Å². The van der Waals surface area contributed by atoms with Gasteiger partial charge in [-0.05, 0) is 11.1 Å². The second-order valence-corrected chi connectivity index (χ2v) is 5.54. The Kier molecular flexibility index (Phi) is 3.57. The molecular formula is C17H19NO2. The molecule has 0 saturated heterocycles. The van der Waals surface area contributed by atoms with Crippen molar-refractivity contribution in [3.8, 4) is 0 Å². The molecule has 0 fully saturated rings. The smallest absolute Gasteiger partial charge is 0.108 e. The maximum Gasteiger partial charge on any atom is 0.108 e. The molecule has 0 radical (unpaired) electrons. The molecule has 0 unspecified atom stereocenters. The molecule has 2 aromatic rings. The normalized spacial score (nSPS) is 26.4. The van der Waals surface area contributed by atoms with Crippen molar-refractivity contribution in [1.29, 1.82) is 0 Å². The van der Waals surface area contributed by atoms with Crippen molar-refractivity contribution in [3.05, 3.63) is 76.5 Å². The highest BCUT2D eigenvalue weighted by Gasteiger charge is 2.24. The number of rotatable bonds is 1. The number of hydroxylamine groups is 3. The fraction of sp³-hybridized carbons (Fsp3) is 0.294. The van der Waals surface area contributed by atoms with E-state index in [1.807, 2.05) is 36.4 Å². The standard InChI is InChI=1S/C17H19NO2/c1-18(19)11-12-20-17(14-7-3-2-4-8-14)16-10-6-5-9-15(16)13-18/h2-10,17H,11-13H2,1H3/t17-,18+/m0/s1. The average Bonchev–Trinajstić information content (AvgIpc) is 2.43. The van der Waals surface area contributed by atoms with Gasteiger partial charge in [0.15, 0.2) is 0 Å². The van der Waals surface area contributed by atoms with Crippen LogP contribution in [0.15, 0.2) is 54.6 Å². The lowest BCUT2D eigenvalue weighted by molar-refractivity contribution is -0.875. The van der Waals surface area contributed by atoms with E-state index in [-0.39, 0.29) is 10.8 Å². The third-order valence-electron chi connectivity index (χ3n) is 3.79. The molecule has 1 aliphatic rings. The van der Waals surface area contributed by atoms with Gasteiger partial charge in [0.1, 0.15) is 19.2 Å². The first kappa shape index (κ1) is 13.3. The Morgan fingerprint density at radius 1 is 1.05 bits per heavy atom. The van der Waals surface area contributed by atoms with E-state index in [0.29, 0.717) is 19.7 Å². The van der Waals surface area contributed by atoms with Crippen LogP contribution in [0.5, 0.6) is 0 Å². The zero-order valence-electron chi connectivity index (χ0n) is 11.7. The molecule has 104 valence electrons. The number of benzene rings is 2. The summed E-state index contributed by atoms with van der Waals surface area (Å²) >= 11 is 0. The highest BCUT2D eigenvalue weighted by molar-refractivity contribution is 5.36. The number of nitrogens with zero attached hydrogens (tertiary/aromatic N) is 1. The number of ether oxygens (including phenoxy) is 1. The molecule has 0 N–H and O–H groups in total. The molecule has 0 bridgehead atoms. The van der Waals surface area contributed by atoms with Crippen molar-refractivity contribution >= 4 is 0 Å². The van der Waals surface area contributed by atoms with Gasteiger partial charge in [-0.25, -0.2) is 0 Å². The van der Waals surface area contributed by atoms with Crippen molar-refractivity contribution in [3.63, 3.8) is 0 Å². The highest BCUT2D eigenvalue weighted by Crippen LogP contribution is 2.31. The Morgan fingerprint density at radius 3 is 2.55 bits per heavy atom. The van der Waals surface area contributed by atoms with E-state index in [1.165, 1.54) is 0 Å². The Hall–Kier alpha value is -1.68. The third kappa shape index (κ3) is 2.75. The number of quaternary nitrogens is 1. The zero-order valence-corrected chi connectivity index (χ0v) is 11.7. The molecule has 3 nitrogen and oxygen atoms in total. The van der Waals surface area contributed by atoms with Crippen LogP contribution in [-0.2, 0) is 11.3 Å². The average molecular weight is 269 g/mol. The van der Waals surface area contributed by atoms with Crippen molar-refractivity contribution in [2.75, 3.05) is 20.2 Å². The molecule has 1 heterocycles. The van der Waals surface area contributed by atoms with Crippen LogP contribution in [0.3, 0.4) is 0 Å². The van der Waals surface area contributed by atoms with Crippen LogP contribution in [0, 0.1) is 5.21 Å². The van der Waals surface area contributed by atoms with E-state index in [0.717, 1.165) is 16.7 Å². The van der Waals surface area contributed by atoms with Crippen molar-refractivity contribution in [2.24, 2.45) is 0 Å².